The quantitative estimate of drug-likeness (QED) is 0.828. The molecule has 0 bridgehead atoms. The van der Waals surface area contributed by atoms with E-state index >= 15 is 0 Å². The van der Waals surface area contributed by atoms with Gasteiger partial charge in [0.2, 0.25) is 11.0 Å². The molecule has 5 nitrogen and oxygen atoms in total. The summed E-state index contributed by atoms with van der Waals surface area (Å²) in [7, 11) is 0. The summed E-state index contributed by atoms with van der Waals surface area (Å²) in [5.74, 6) is 0.226. The number of anilines is 2. The number of carbonyl (C=O) groups excluding carboxylic acids is 1. The van der Waals surface area contributed by atoms with Gasteiger partial charge < -0.3 is 11.1 Å². The monoisotopic (exact) mass is 260 g/mol. The molecule has 0 atom stereocenters. The molecule has 1 heterocycles. The number of hydrogen-bond acceptors (Lipinski definition) is 5. The molecule has 1 aromatic carbocycles. The number of aromatic nitrogens is 2. The maximum Gasteiger partial charge on any atom is 0.229 e. The maximum atomic E-state index is 11.6. The number of nitrogens with one attached hydrogen (secondary N) is 1. The van der Waals surface area contributed by atoms with Crippen molar-refractivity contribution in [1.29, 1.82) is 0 Å². The molecule has 0 saturated heterocycles. The Bertz CT molecular complexity index is 574. The third-order valence-electron chi connectivity index (χ3n) is 2.76. The highest BCUT2D eigenvalue weighted by Crippen LogP contribution is 2.32. The average Bonchev–Trinajstić information content (AvgIpc) is 3.12. The molecule has 1 saturated carbocycles. The molecule has 1 amide bonds. The molecule has 1 aliphatic rings. The Balaban J connectivity index is 1.76. The maximum absolute atomic E-state index is 11.6. The molecule has 0 radical (unpaired) electrons. The molecule has 2 aromatic rings. The number of nitrogens with two attached hydrogens (primary N) is 1. The minimum absolute atomic E-state index is 0.0509. The molecule has 0 unspecified atom stereocenters. The molecule has 3 rings (SSSR count). The lowest BCUT2D eigenvalue weighted by Gasteiger charge is -1.97. The predicted molar refractivity (Wildman–Crippen MR) is 71.1 cm³/mol. The van der Waals surface area contributed by atoms with Crippen LogP contribution < -0.4 is 11.1 Å². The summed E-state index contributed by atoms with van der Waals surface area (Å²) in [5.41, 5.74) is 7.29. The molecular weight excluding hydrogens is 248 g/mol. The van der Waals surface area contributed by atoms with Crippen LogP contribution >= 0.6 is 11.3 Å². The second kappa shape index (κ2) is 4.38. The first-order chi connectivity index (χ1) is 8.72. The summed E-state index contributed by atoms with van der Waals surface area (Å²) < 4.78 is 0. The van der Waals surface area contributed by atoms with E-state index in [4.69, 9.17) is 5.73 Å². The molecule has 1 fully saturated rings. The zero-order chi connectivity index (χ0) is 12.5. The number of rotatable bonds is 3. The van der Waals surface area contributed by atoms with Crippen LogP contribution in [0.15, 0.2) is 24.3 Å². The largest absolute Gasteiger partial charge is 0.399 e. The first kappa shape index (κ1) is 11.2. The summed E-state index contributed by atoms with van der Waals surface area (Å²) in [6, 6.07) is 7.42. The molecular formula is C12H12N4OS. The van der Waals surface area contributed by atoms with Gasteiger partial charge in [0, 0.05) is 17.2 Å². The van der Waals surface area contributed by atoms with Crippen molar-refractivity contribution in [2.24, 2.45) is 5.92 Å². The van der Waals surface area contributed by atoms with Crippen LogP contribution in [0.2, 0.25) is 0 Å². The number of benzene rings is 1. The Morgan fingerprint density at radius 3 is 2.67 bits per heavy atom. The minimum atomic E-state index is 0.0509. The summed E-state index contributed by atoms with van der Waals surface area (Å²) in [6.07, 6.45) is 1.96. The van der Waals surface area contributed by atoms with E-state index < -0.39 is 0 Å². The summed E-state index contributed by atoms with van der Waals surface area (Å²) in [4.78, 5) is 11.6. The van der Waals surface area contributed by atoms with Crippen molar-refractivity contribution in [1.82, 2.24) is 10.2 Å². The molecule has 1 aromatic heterocycles. The zero-order valence-electron chi connectivity index (χ0n) is 9.59. The number of amides is 1. The van der Waals surface area contributed by atoms with Crippen molar-refractivity contribution in [3.8, 4) is 10.6 Å². The lowest BCUT2D eigenvalue weighted by atomic mass is 10.2. The van der Waals surface area contributed by atoms with Gasteiger partial charge in [-0.2, -0.15) is 0 Å². The Labute approximate surface area is 108 Å². The number of carbonyl (C=O) groups is 1. The Morgan fingerprint density at radius 2 is 2.00 bits per heavy atom. The lowest BCUT2D eigenvalue weighted by molar-refractivity contribution is -0.117. The topological polar surface area (TPSA) is 80.9 Å². The number of nitrogen functional groups attached to an aromatic ring is 1. The van der Waals surface area contributed by atoms with Crippen molar-refractivity contribution < 1.29 is 4.79 Å². The number of hydrogen-bond donors (Lipinski definition) is 2. The Kier molecular flexibility index (Phi) is 2.71. The average molecular weight is 260 g/mol. The van der Waals surface area contributed by atoms with E-state index in [9.17, 15) is 4.79 Å². The van der Waals surface area contributed by atoms with Crippen molar-refractivity contribution in [3.63, 3.8) is 0 Å². The first-order valence-corrected chi connectivity index (χ1v) is 6.54. The smallest absolute Gasteiger partial charge is 0.229 e. The van der Waals surface area contributed by atoms with Crippen LogP contribution in [0.25, 0.3) is 10.6 Å². The van der Waals surface area contributed by atoms with Crippen LogP contribution in [0, 0.1) is 5.92 Å². The van der Waals surface area contributed by atoms with Gasteiger partial charge in [-0.15, -0.1) is 10.2 Å². The van der Waals surface area contributed by atoms with E-state index in [-0.39, 0.29) is 11.8 Å². The van der Waals surface area contributed by atoms with Gasteiger partial charge >= 0.3 is 0 Å². The van der Waals surface area contributed by atoms with Crippen LogP contribution in [0.3, 0.4) is 0 Å². The third kappa shape index (κ3) is 2.33. The van der Waals surface area contributed by atoms with E-state index in [1.165, 1.54) is 11.3 Å². The highest BCUT2D eigenvalue weighted by Gasteiger charge is 2.30. The molecule has 92 valence electrons. The van der Waals surface area contributed by atoms with Crippen LogP contribution in [-0.4, -0.2) is 16.1 Å². The van der Waals surface area contributed by atoms with Crippen molar-refractivity contribution in [2.45, 2.75) is 12.8 Å². The molecule has 6 heteroatoms. The van der Waals surface area contributed by atoms with E-state index in [0.29, 0.717) is 10.8 Å². The van der Waals surface area contributed by atoms with Gasteiger partial charge in [0.15, 0.2) is 0 Å². The standard InChI is InChI=1S/C12H12N4OS/c13-9-5-3-8(4-6-9)11-15-16-12(18-11)14-10(17)7-1-2-7/h3-7H,1-2,13H2,(H,14,16,17). The predicted octanol–water partition coefficient (Wildman–Crippen LogP) is 2.14. The van der Waals surface area contributed by atoms with Crippen molar-refractivity contribution in [3.05, 3.63) is 24.3 Å². The molecule has 18 heavy (non-hydrogen) atoms. The molecule has 0 spiro atoms. The second-order valence-electron chi connectivity index (χ2n) is 4.30. The highest BCUT2D eigenvalue weighted by molar-refractivity contribution is 7.18. The SMILES string of the molecule is Nc1ccc(-c2nnc(NC(=O)C3CC3)s2)cc1. The second-order valence-corrected chi connectivity index (χ2v) is 5.28. The fourth-order valence-corrected chi connectivity index (χ4v) is 2.32. The van der Waals surface area contributed by atoms with Crippen LogP contribution in [0.1, 0.15) is 12.8 Å². The van der Waals surface area contributed by atoms with Gasteiger partial charge in [-0.25, -0.2) is 0 Å². The van der Waals surface area contributed by atoms with Gasteiger partial charge in [-0.05, 0) is 37.1 Å². The molecule has 3 N–H and O–H groups in total. The first-order valence-electron chi connectivity index (χ1n) is 5.72. The van der Waals surface area contributed by atoms with Gasteiger partial charge in [-0.3, -0.25) is 4.79 Å². The van der Waals surface area contributed by atoms with E-state index in [2.05, 4.69) is 15.5 Å². The number of nitrogens with zero attached hydrogens (tertiary/aromatic N) is 2. The minimum Gasteiger partial charge on any atom is -0.399 e. The Morgan fingerprint density at radius 1 is 1.28 bits per heavy atom. The Hall–Kier alpha value is -1.95. The molecule has 1 aliphatic carbocycles. The van der Waals surface area contributed by atoms with Crippen LogP contribution in [0.5, 0.6) is 0 Å². The van der Waals surface area contributed by atoms with Crippen molar-refractivity contribution >= 4 is 28.1 Å². The van der Waals surface area contributed by atoms with Gasteiger partial charge in [-0.1, -0.05) is 11.3 Å². The van der Waals surface area contributed by atoms with Gasteiger partial charge in [0.25, 0.3) is 0 Å². The summed E-state index contributed by atoms with van der Waals surface area (Å²) >= 11 is 1.37. The fraction of sp³-hybridized carbons (Fsp3) is 0.250. The zero-order valence-corrected chi connectivity index (χ0v) is 10.4. The highest BCUT2D eigenvalue weighted by atomic mass is 32.1. The van der Waals surface area contributed by atoms with E-state index in [0.717, 1.165) is 23.4 Å². The normalized spacial score (nSPS) is 14.4. The fourth-order valence-electron chi connectivity index (χ4n) is 1.57. The van der Waals surface area contributed by atoms with Gasteiger partial charge in [0.05, 0.1) is 0 Å². The van der Waals surface area contributed by atoms with E-state index in [1.54, 1.807) is 0 Å². The third-order valence-corrected chi connectivity index (χ3v) is 3.65. The van der Waals surface area contributed by atoms with E-state index in [1.807, 2.05) is 24.3 Å². The molecule has 0 aliphatic heterocycles. The van der Waals surface area contributed by atoms with Crippen LogP contribution in [-0.2, 0) is 4.79 Å². The van der Waals surface area contributed by atoms with Crippen LogP contribution in [0.4, 0.5) is 10.8 Å². The van der Waals surface area contributed by atoms with Gasteiger partial charge in [0.1, 0.15) is 5.01 Å². The summed E-state index contributed by atoms with van der Waals surface area (Å²) in [6.45, 7) is 0. The lowest BCUT2D eigenvalue weighted by Crippen LogP contribution is -2.12. The van der Waals surface area contributed by atoms with Crippen molar-refractivity contribution in [2.75, 3.05) is 11.1 Å². The summed E-state index contributed by atoms with van der Waals surface area (Å²) in [5, 5.41) is 12.2.